The number of epoxide rings is 2. The molecule has 4 fully saturated rings. The number of benzene rings is 2. The van der Waals surface area contributed by atoms with Crippen LogP contribution >= 0.6 is 0 Å². The van der Waals surface area contributed by atoms with Gasteiger partial charge in [-0.05, 0) is 23.9 Å². The van der Waals surface area contributed by atoms with Crippen molar-refractivity contribution in [2.45, 2.75) is 48.1 Å². The van der Waals surface area contributed by atoms with E-state index in [-0.39, 0.29) is 18.6 Å². The topological polar surface area (TPSA) is 97.9 Å². The monoisotopic (exact) mass is 366 g/mol. The predicted molar refractivity (Wildman–Crippen MR) is 88.4 cm³/mol. The normalized spacial score (nSPS) is 41.9. The molecule has 1 N–H and O–H groups in total. The van der Waals surface area contributed by atoms with E-state index in [0.717, 1.165) is 10.8 Å². The van der Waals surface area contributed by atoms with Crippen molar-refractivity contribution in [1.29, 1.82) is 0 Å². The molecular formula is C20H14O7. The SMILES string of the molecule is O=C1CC[C@@H](O)[C@]23O[C@]12C(=O)C1O[C@H]1C31Oc2cccc3cccc(c23)O1. The molecule has 0 aromatic heterocycles. The van der Waals surface area contributed by atoms with E-state index in [2.05, 4.69) is 0 Å². The van der Waals surface area contributed by atoms with Crippen LogP contribution in [0.1, 0.15) is 12.8 Å². The Morgan fingerprint density at radius 3 is 2.44 bits per heavy atom. The molecule has 2 saturated carbocycles. The van der Waals surface area contributed by atoms with Crippen molar-refractivity contribution in [2.75, 3.05) is 0 Å². The lowest BCUT2D eigenvalue weighted by molar-refractivity contribution is -0.212. The molecule has 2 saturated heterocycles. The highest BCUT2D eigenvalue weighted by Crippen LogP contribution is 2.71. The minimum absolute atomic E-state index is 0.0777. The van der Waals surface area contributed by atoms with E-state index in [1.54, 1.807) is 0 Å². The Balaban J connectivity index is 1.50. The van der Waals surface area contributed by atoms with Crippen molar-refractivity contribution in [3.05, 3.63) is 36.4 Å². The van der Waals surface area contributed by atoms with Gasteiger partial charge >= 0.3 is 5.79 Å². The summed E-state index contributed by atoms with van der Waals surface area (Å²) in [6.45, 7) is 0. The summed E-state index contributed by atoms with van der Waals surface area (Å²) in [6.07, 6.45) is -2.36. The number of carbonyl (C=O) groups excluding carboxylic acids is 2. The Kier molecular flexibility index (Phi) is 2.16. The van der Waals surface area contributed by atoms with Gasteiger partial charge in [0.15, 0.2) is 18.0 Å². The predicted octanol–water partition coefficient (Wildman–Crippen LogP) is 0.889. The lowest BCUT2D eigenvalue weighted by Crippen LogP contribution is -2.73. The quantitative estimate of drug-likeness (QED) is 0.546. The van der Waals surface area contributed by atoms with E-state index in [1.165, 1.54) is 0 Å². The number of rotatable bonds is 0. The van der Waals surface area contributed by atoms with Crippen LogP contribution in [-0.4, -0.2) is 52.0 Å². The highest BCUT2D eigenvalue weighted by molar-refractivity contribution is 6.19. The molecule has 27 heavy (non-hydrogen) atoms. The van der Waals surface area contributed by atoms with E-state index >= 15 is 0 Å². The number of aliphatic hydroxyl groups is 1. The first-order valence-corrected chi connectivity index (χ1v) is 9.06. The Hall–Kier alpha value is -2.48. The molecule has 3 heterocycles. The summed E-state index contributed by atoms with van der Waals surface area (Å²) in [5.74, 6) is -1.23. The number of carbonyl (C=O) groups is 2. The average Bonchev–Trinajstić information content (AvgIpc) is 3.57. The van der Waals surface area contributed by atoms with Gasteiger partial charge in [0.05, 0.1) is 11.5 Å². The van der Waals surface area contributed by atoms with Crippen molar-refractivity contribution < 1.29 is 33.6 Å². The first kappa shape index (κ1) is 14.6. The number of ether oxygens (including phenoxy) is 4. The smallest absolute Gasteiger partial charge is 0.316 e. The van der Waals surface area contributed by atoms with E-state index < -0.39 is 41.1 Å². The molecule has 5 aliphatic rings. The molecule has 7 rings (SSSR count). The molecule has 7 nitrogen and oxygen atoms in total. The molecule has 2 aliphatic carbocycles. The standard InChI is InChI=1S/C20H14O7/c21-12-7-8-13(22)19-18(12,27-19)16(23)15-17(24-15)20(19)25-10-5-1-3-9-4-2-6-11(26-20)14(9)10/h1-6,13,15,17,22H,7-8H2/t13-,15?,17-,18+,19+/m1/s1. The lowest BCUT2D eigenvalue weighted by atomic mass is 9.64. The summed E-state index contributed by atoms with van der Waals surface area (Å²) >= 11 is 0. The molecule has 136 valence electrons. The van der Waals surface area contributed by atoms with Gasteiger partial charge in [0, 0.05) is 6.42 Å². The highest BCUT2D eigenvalue weighted by Gasteiger charge is 3.00. The maximum absolute atomic E-state index is 12.9. The minimum Gasteiger partial charge on any atom is -0.446 e. The summed E-state index contributed by atoms with van der Waals surface area (Å²) < 4.78 is 24.2. The Morgan fingerprint density at radius 1 is 1.04 bits per heavy atom. The highest BCUT2D eigenvalue weighted by atomic mass is 16.8. The number of ketones is 2. The van der Waals surface area contributed by atoms with Gasteiger partial charge in [-0.2, -0.15) is 0 Å². The third-order valence-corrected chi connectivity index (χ3v) is 6.64. The average molecular weight is 366 g/mol. The van der Waals surface area contributed by atoms with E-state index in [9.17, 15) is 14.7 Å². The number of fused-ring (bicyclic) bond motifs is 2. The molecule has 0 amide bonds. The molecular weight excluding hydrogens is 352 g/mol. The van der Waals surface area contributed by atoms with Crippen LogP contribution in [0.2, 0.25) is 0 Å². The molecule has 3 aliphatic heterocycles. The van der Waals surface area contributed by atoms with Gasteiger partial charge in [-0.15, -0.1) is 0 Å². The Morgan fingerprint density at radius 2 is 1.74 bits per heavy atom. The van der Waals surface area contributed by atoms with E-state index in [1.807, 2.05) is 36.4 Å². The maximum atomic E-state index is 12.9. The first-order valence-electron chi connectivity index (χ1n) is 9.06. The molecule has 2 aromatic rings. The zero-order chi connectivity index (χ0) is 18.2. The summed E-state index contributed by atoms with van der Waals surface area (Å²) in [6, 6.07) is 11.2. The van der Waals surface area contributed by atoms with Crippen molar-refractivity contribution in [3.63, 3.8) is 0 Å². The van der Waals surface area contributed by atoms with Crippen LogP contribution in [0.5, 0.6) is 11.5 Å². The van der Waals surface area contributed by atoms with Gasteiger partial charge in [0.1, 0.15) is 11.5 Å². The van der Waals surface area contributed by atoms with Gasteiger partial charge in [-0.25, -0.2) is 0 Å². The lowest BCUT2D eigenvalue weighted by Gasteiger charge is -2.46. The van der Waals surface area contributed by atoms with Crippen molar-refractivity contribution in [3.8, 4) is 11.5 Å². The fourth-order valence-electron chi connectivity index (χ4n) is 5.42. The van der Waals surface area contributed by atoms with Crippen LogP contribution in [0.4, 0.5) is 0 Å². The van der Waals surface area contributed by atoms with Gasteiger partial charge in [-0.3, -0.25) is 9.59 Å². The maximum Gasteiger partial charge on any atom is 0.316 e. The van der Waals surface area contributed by atoms with Gasteiger partial charge < -0.3 is 24.1 Å². The fraction of sp³-hybridized carbons (Fsp3) is 0.400. The van der Waals surface area contributed by atoms with Crippen molar-refractivity contribution in [1.82, 2.24) is 0 Å². The third-order valence-electron chi connectivity index (χ3n) is 6.64. The number of hydrogen-bond donors (Lipinski definition) is 1. The molecule has 0 radical (unpaired) electrons. The summed E-state index contributed by atoms with van der Waals surface area (Å²) in [5.41, 5.74) is -3.32. The van der Waals surface area contributed by atoms with E-state index in [4.69, 9.17) is 18.9 Å². The number of Topliss-reactive ketones (excluding diaryl/α,β-unsaturated/α-hetero) is 2. The number of aliphatic hydroxyl groups excluding tert-OH is 1. The molecule has 2 aromatic carbocycles. The Labute approximate surface area is 152 Å². The first-order chi connectivity index (χ1) is 13.1. The molecule has 7 heteroatoms. The van der Waals surface area contributed by atoms with Crippen LogP contribution in [-0.2, 0) is 19.1 Å². The largest absolute Gasteiger partial charge is 0.446 e. The van der Waals surface area contributed by atoms with Crippen LogP contribution < -0.4 is 9.47 Å². The zero-order valence-electron chi connectivity index (χ0n) is 14.0. The molecule has 1 unspecified atom stereocenters. The fourth-order valence-corrected chi connectivity index (χ4v) is 5.42. The summed E-state index contributed by atoms with van der Waals surface area (Å²) in [7, 11) is 0. The number of hydrogen-bond acceptors (Lipinski definition) is 7. The minimum atomic E-state index is -1.73. The van der Waals surface area contributed by atoms with Crippen LogP contribution in [0, 0.1) is 0 Å². The van der Waals surface area contributed by atoms with Crippen LogP contribution in [0.15, 0.2) is 36.4 Å². The van der Waals surface area contributed by atoms with Gasteiger partial charge in [0.2, 0.25) is 17.0 Å². The van der Waals surface area contributed by atoms with Gasteiger partial charge in [0.25, 0.3) is 0 Å². The second-order valence-electron chi connectivity index (χ2n) is 7.82. The molecule has 0 bridgehead atoms. The van der Waals surface area contributed by atoms with Crippen molar-refractivity contribution in [2.24, 2.45) is 0 Å². The second-order valence-corrected chi connectivity index (χ2v) is 7.82. The van der Waals surface area contributed by atoms with Gasteiger partial charge in [-0.1, -0.05) is 24.3 Å². The second kappa shape index (κ2) is 4.01. The molecule has 1 spiro atoms. The zero-order valence-corrected chi connectivity index (χ0v) is 14.0. The van der Waals surface area contributed by atoms with Crippen LogP contribution in [0.3, 0.4) is 0 Å². The van der Waals surface area contributed by atoms with E-state index in [0.29, 0.717) is 11.5 Å². The van der Waals surface area contributed by atoms with Crippen LogP contribution in [0.25, 0.3) is 10.8 Å². The molecule has 5 atom stereocenters. The summed E-state index contributed by atoms with van der Waals surface area (Å²) in [4.78, 5) is 25.6. The van der Waals surface area contributed by atoms with Crippen molar-refractivity contribution >= 4 is 22.3 Å². The summed E-state index contributed by atoms with van der Waals surface area (Å²) in [5, 5.41) is 12.6. The Bertz CT molecular complexity index is 1050. The third kappa shape index (κ3) is 1.27.